The summed E-state index contributed by atoms with van der Waals surface area (Å²) >= 11 is 3.51. The van der Waals surface area contributed by atoms with E-state index in [-0.39, 0.29) is 0 Å². The summed E-state index contributed by atoms with van der Waals surface area (Å²) in [6.07, 6.45) is 0. The lowest BCUT2D eigenvalue weighted by molar-refractivity contribution is 0.818. The molecule has 94 valence electrons. The molecular weight excluding hydrogens is 288 g/mol. The maximum absolute atomic E-state index is 4.59. The second kappa shape index (κ2) is 6.55. The fourth-order valence-electron chi connectivity index (χ4n) is 1.89. The van der Waals surface area contributed by atoms with Gasteiger partial charge in [-0.2, -0.15) is 0 Å². The number of hydrogen-bond acceptors (Lipinski definition) is 2. The summed E-state index contributed by atoms with van der Waals surface area (Å²) in [5.41, 5.74) is 2.36. The van der Waals surface area contributed by atoms with E-state index in [2.05, 4.69) is 62.2 Å². The van der Waals surface area contributed by atoms with Crippen LogP contribution in [0.3, 0.4) is 0 Å². The summed E-state index contributed by atoms with van der Waals surface area (Å²) in [6, 6.07) is 16.6. The van der Waals surface area contributed by atoms with E-state index >= 15 is 0 Å². The van der Waals surface area contributed by atoms with Crippen LogP contribution in [-0.4, -0.2) is 16.9 Å². The maximum Gasteiger partial charge on any atom is 0.129 e. The van der Waals surface area contributed by atoms with Crippen LogP contribution in [0.25, 0.3) is 0 Å². The van der Waals surface area contributed by atoms with Gasteiger partial charge in [-0.15, -0.1) is 0 Å². The Balaban J connectivity index is 2.18. The van der Waals surface area contributed by atoms with E-state index in [9.17, 15) is 0 Å². The molecule has 0 aliphatic rings. The van der Waals surface area contributed by atoms with Gasteiger partial charge in [-0.25, -0.2) is 4.98 Å². The van der Waals surface area contributed by atoms with E-state index in [1.54, 1.807) is 0 Å². The number of hydrogen-bond donors (Lipinski definition) is 0. The van der Waals surface area contributed by atoms with Gasteiger partial charge >= 0.3 is 0 Å². The topological polar surface area (TPSA) is 16.1 Å². The number of anilines is 1. The predicted molar refractivity (Wildman–Crippen MR) is 80.3 cm³/mol. The van der Waals surface area contributed by atoms with Crippen molar-refractivity contribution in [2.75, 3.05) is 16.8 Å². The molecule has 0 spiro atoms. The first-order valence-electron chi connectivity index (χ1n) is 6.08. The van der Waals surface area contributed by atoms with Gasteiger partial charge in [0.2, 0.25) is 0 Å². The van der Waals surface area contributed by atoms with E-state index in [1.807, 2.05) is 19.1 Å². The number of aryl methyl sites for hydroxylation is 1. The Morgan fingerprint density at radius 1 is 1.06 bits per heavy atom. The lowest BCUT2D eigenvalue weighted by Crippen LogP contribution is -2.25. The van der Waals surface area contributed by atoms with Crippen LogP contribution in [0, 0.1) is 6.92 Å². The molecular formula is C15H17BrN2. The van der Waals surface area contributed by atoms with Crippen LogP contribution >= 0.6 is 15.9 Å². The van der Waals surface area contributed by atoms with Crippen molar-refractivity contribution in [2.24, 2.45) is 0 Å². The first-order chi connectivity index (χ1) is 8.79. The molecule has 1 aromatic heterocycles. The summed E-state index contributed by atoms with van der Waals surface area (Å²) in [7, 11) is 0. The molecule has 0 atom stereocenters. The van der Waals surface area contributed by atoms with Gasteiger partial charge in [0.15, 0.2) is 0 Å². The number of nitrogens with zero attached hydrogens (tertiary/aromatic N) is 2. The normalized spacial score (nSPS) is 10.3. The van der Waals surface area contributed by atoms with Crippen LogP contribution in [0.4, 0.5) is 5.82 Å². The highest BCUT2D eigenvalue weighted by Gasteiger charge is 2.07. The van der Waals surface area contributed by atoms with Gasteiger partial charge in [0.25, 0.3) is 0 Å². The minimum atomic E-state index is 0.892. The lowest BCUT2D eigenvalue weighted by atomic mass is 10.2. The van der Waals surface area contributed by atoms with Crippen molar-refractivity contribution >= 4 is 21.7 Å². The first-order valence-corrected chi connectivity index (χ1v) is 7.20. The fraction of sp³-hybridized carbons (Fsp3) is 0.267. The second-order valence-electron chi connectivity index (χ2n) is 4.23. The van der Waals surface area contributed by atoms with E-state index in [1.165, 1.54) is 5.56 Å². The van der Waals surface area contributed by atoms with E-state index in [0.717, 1.165) is 29.9 Å². The third kappa shape index (κ3) is 3.57. The molecule has 0 N–H and O–H groups in total. The van der Waals surface area contributed by atoms with E-state index < -0.39 is 0 Å². The summed E-state index contributed by atoms with van der Waals surface area (Å²) in [5.74, 6) is 1.04. The average Bonchev–Trinajstić information content (AvgIpc) is 2.39. The Morgan fingerprint density at radius 3 is 2.50 bits per heavy atom. The lowest BCUT2D eigenvalue weighted by Gasteiger charge is -2.23. The standard InChI is InChI=1S/C15H17BrN2/c1-13-6-5-9-15(17-13)18(11-10-16)12-14-7-3-2-4-8-14/h2-9H,10-12H2,1H3. The number of aromatic nitrogens is 1. The molecule has 0 saturated heterocycles. The molecule has 0 aliphatic carbocycles. The number of rotatable bonds is 5. The molecule has 2 aromatic rings. The Labute approximate surface area is 117 Å². The van der Waals surface area contributed by atoms with Crippen LogP contribution in [0.1, 0.15) is 11.3 Å². The zero-order chi connectivity index (χ0) is 12.8. The third-order valence-corrected chi connectivity index (χ3v) is 3.12. The quantitative estimate of drug-likeness (QED) is 0.781. The van der Waals surface area contributed by atoms with Crippen LogP contribution < -0.4 is 4.90 Å². The van der Waals surface area contributed by atoms with Crippen LogP contribution in [-0.2, 0) is 6.54 Å². The molecule has 2 rings (SSSR count). The number of pyridine rings is 1. The highest BCUT2D eigenvalue weighted by atomic mass is 79.9. The Hall–Kier alpha value is -1.35. The largest absolute Gasteiger partial charge is 0.351 e. The summed E-state index contributed by atoms with van der Waals surface area (Å²) in [6.45, 7) is 3.87. The second-order valence-corrected chi connectivity index (χ2v) is 5.03. The van der Waals surface area contributed by atoms with Crippen molar-refractivity contribution < 1.29 is 0 Å². The van der Waals surface area contributed by atoms with Crippen molar-refractivity contribution in [3.05, 3.63) is 59.8 Å². The number of alkyl halides is 1. The van der Waals surface area contributed by atoms with Gasteiger partial charge in [0.1, 0.15) is 5.82 Å². The van der Waals surface area contributed by atoms with Crippen molar-refractivity contribution in [3.8, 4) is 0 Å². The molecule has 1 aromatic carbocycles. The molecule has 0 aliphatic heterocycles. The van der Waals surface area contributed by atoms with Gasteiger partial charge in [-0.05, 0) is 24.6 Å². The van der Waals surface area contributed by atoms with E-state index in [0.29, 0.717) is 0 Å². The van der Waals surface area contributed by atoms with Crippen molar-refractivity contribution in [1.29, 1.82) is 0 Å². The molecule has 18 heavy (non-hydrogen) atoms. The smallest absolute Gasteiger partial charge is 0.129 e. The summed E-state index contributed by atoms with van der Waals surface area (Å²) in [4.78, 5) is 6.88. The SMILES string of the molecule is Cc1cccc(N(CCBr)Cc2ccccc2)n1. The summed E-state index contributed by atoms with van der Waals surface area (Å²) < 4.78 is 0. The van der Waals surface area contributed by atoms with Gasteiger partial charge in [0, 0.05) is 24.1 Å². The van der Waals surface area contributed by atoms with E-state index in [4.69, 9.17) is 0 Å². The molecule has 0 unspecified atom stereocenters. The summed E-state index contributed by atoms with van der Waals surface area (Å²) in [5, 5.41) is 0.940. The minimum absolute atomic E-state index is 0.892. The van der Waals surface area contributed by atoms with Crippen LogP contribution in [0.15, 0.2) is 48.5 Å². The Kier molecular flexibility index (Phi) is 4.76. The van der Waals surface area contributed by atoms with Gasteiger partial charge < -0.3 is 4.90 Å². The molecule has 0 amide bonds. The van der Waals surface area contributed by atoms with Crippen LogP contribution in [0.5, 0.6) is 0 Å². The zero-order valence-electron chi connectivity index (χ0n) is 10.5. The monoisotopic (exact) mass is 304 g/mol. The Morgan fingerprint density at radius 2 is 1.83 bits per heavy atom. The number of benzene rings is 1. The molecule has 3 heteroatoms. The fourth-order valence-corrected chi connectivity index (χ4v) is 2.31. The van der Waals surface area contributed by atoms with Crippen molar-refractivity contribution in [1.82, 2.24) is 4.98 Å². The van der Waals surface area contributed by atoms with Crippen molar-refractivity contribution in [3.63, 3.8) is 0 Å². The zero-order valence-corrected chi connectivity index (χ0v) is 12.1. The highest BCUT2D eigenvalue weighted by Crippen LogP contribution is 2.15. The minimum Gasteiger partial charge on any atom is -0.351 e. The van der Waals surface area contributed by atoms with Crippen LogP contribution in [0.2, 0.25) is 0 Å². The predicted octanol–water partition coefficient (Wildman–Crippen LogP) is 3.79. The van der Waals surface area contributed by atoms with Crippen molar-refractivity contribution in [2.45, 2.75) is 13.5 Å². The molecule has 2 nitrogen and oxygen atoms in total. The molecule has 1 heterocycles. The average molecular weight is 305 g/mol. The number of halogens is 1. The van der Waals surface area contributed by atoms with Gasteiger partial charge in [0.05, 0.1) is 0 Å². The maximum atomic E-state index is 4.59. The molecule has 0 bridgehead atoms. The Bertz CT molecular complexity index is 485. The third-order valence-electron chi connectivity index (χ3n) is 2.77. The highest BCUT2D eigenvalue weighted by molar-refractivity contribution is 9.09. The molecule has 0 radical (unpaired) electrons. The molecule has 0 saturated carbocycles. The first kappa shape index (κ1) is 13.1. The van der Waals surface area contributed by atoms with Gasteiger partial charge in [-0.1, -0.05) is 52.3 Å². The van der Waals surface area contributed by atoms with Gasteiger partial charge in [-0.3, -0.25) is 0 Å². The molecule has 0 fully saturated rings.